The van der Waals surface area contributed by atoms with Crippen molar-refractivity contribution in [2.75, 3.05) is 34.9 Å². The van der Waals surface area contributed by atoms with Crippen LogP contribution in [0.2, 0.25) is 0 Å². The lowest BCUT2D eigenvalue weighted by Gasteiger charge is -2.46. The molecule has 17 nitrogen and oxygen atoms in total. The van der Waals surface area contributed by atoms with Gasteiger partial charge in [0.1, 0.15) is 36.2 Å². The highest BCUT2D eigenvalue weighted by molar-refractivity contribution is 5.91. The summed E-state index contributed by atoms with van der Waals surface area (Å²) < 4.78 is 44.4. The van der Waals surface area contributed by atoms with Gasteiger partial charge in [-0.25, -0.2) is 0 Å². The van der Waals surface area contributed by atoms with Gasteiger partial charge < -0.3 is 58.5 Å². The number of ketones is 1. The number of allylic oxidation sites excluding steroid dienone is 3. The van der Waals surface area contributed by atoms with Crippen LogP contribution in [0.25, 0.3) is 22.4 Å². The fourth-order valence-electron chi connectivity index (χ4n) is 9.99. The van der Waals surface area contributed by atoms with Crippen molar-refractivity contribution < 1.29 is 63.2 Å². The zero-order valence-corrected chi connectivity index (χ0v) is 42.3. The number of carbonyl (C=O) groups is 2. The largest absolute Gasteiger partial charge is 0.462 e. The maximum Gasteiger partial charge on any atom is 0.308 e. The summed E-state index contributed by atoms with van der Waals surface area (Å²) in [4.78, 5) is 29.8. The Balaban J connectivity index is 1.29. The van der Waals surface area contributed by atoms with E-state index >= 15 is 0 Å². The zero-order valence-electron chi connectivity index (χ0n) is 42.3. The lowest BCUT2D eigenvalue weighted by atomic mass is 9.79. The molecule has 17 heteroatoms. The number of aryl methyl sites for hydroxylation is 1. The van der Waals surface area contributed by atoms with Crippen molar-refractivity contribution in [3.8, 4) is 22.4 Å². The van der Waals surface area contributed by atoms with Crippen molar-refractivity contribution in [3.05, 3.63) is 84.6 Å². The molecule has 2 aromatic carbocycles. The Morgan fingerprint density at radius 2 is 1.44 bits per heavy atom. The number of hydrogen-bond acceptors (Lipinski definition) is 16. The van der Waals surface area contributed by atoms with Gasteiger partial charge in [0.15, 0.2) is 18.4 Å². The quantitative estimate of drug-likeness (QED) is 0.157. The van der Waals surface area contributed by atoms with E-state index in [1.54, 1.807) is 56.6 Å². The number of cyclic esters (lactones) is 1. The monoisotopic (exact) mass is 977 g/mol. The van der Waals surface area contributed by atoms with E-state index in [2.05, 4.69) is 22.4 Å². The molecule has 2 saturated heterocycles. The minimum atomic E-state index is -1.30. The van der Waals surface area contributed by atoms with E-state index in [1.807, 2.05) is 75.5 Å². The van der Waals surface area contributed by atoms with Gasteiger partial charge in [0.05, 0.1) is 55.8 Å². The first kappa shape index (κ1) is 55.1. The smallest absolute Gasteiger partial charge is 0.308 e. The number of ether oxygens (including phenoxy) is 7. The average molecular weight is 977 g/mol. The SMILES string of the molecule is CC[C@H]1OC(=O)C[C@@H](O)[C@H](C)[C@@H](O[C@@H]2O[C@H](C)[C@@H](O)[C@H](N(C)C)[C@H]2O)[C@@H](CCn2cc(-c3ccc(-c4ccccc4)cc3)nn2)C[C@@H](C)C(=O)/C=C/C(C)=C/[C@@H]1CO[C@@H]1O[C@H](C)[C@@H](O)[C@@H](OC)[C@H]1OC. The second-order valence-corrected chi connectivity index (χ2v) is 19.6. The van der Waals surface area contributed by atoms with Crippen molar-refractivity contribution in [2.45, 2.75) is 153 Å². The number of hydrogen-bond donors (Lipinski definition) is 4. The molecule has 1 aromatic heterocycles. The number of methoxy groups -OCH3 is 2. The van der Waals surface area contributed by atoms with Gasteiger partial charge in [-0.05, 0) is 77.2 Å². The highest BCUT2D eigenvalue weighted by Gasteiger charge is 2.48. The fraction of sp³-hybridized carbons (Fsp3) is 0.623. The van der Waals surface area contributed by atoms with Gasteiger partial charge >= 0.3 is 5.97 Å². The number of carbonyl (C=O) groups excluding carboxylic acids is 2. The molecule has 0 saturated carbocycles. The first-order chi connectivity index (χ1) is 33.4. The topological polar surface area (TPSA) is 214 Å². The summed E-state index contributed by atoms with van der Waals surface area (Å²) in [5.41, 5.74) is 4.48. The molecule has 3 aliphatic rings. The Kier molecular flexibility index (Phi) is 20.0. The zero-order chi connectivity index (χ0) is 50.8. The van der Waals surface area contributed by atoms with Crippen molar-refractivity contribution in [1.82, 2.24) is 19.9 Å². The normalized spacial score (nSPS) is 36.3. The van der Waals surface area contributed by atoms with Gasteiger partial charge in [-0.15, -0.1) is 5.10 Å². The fourth-order valence-corrected chi connectivity index (χ4v) is 9.99. The van der Waals surface area contributed by atoms with Crippen molar-refractivity contribution in [2.24, 2.45) is 23.7 Å². The molecule has 0 spiro atoms. The van der Waals surface area contributed by atoms with Crippen LogP contribution >= 0.6 is 0 Å². The van der Waals surface area contributed by atoms with E-state index < -0.39 is 116 Å². The van der Waals surface area contributed by atoms with Crippen molar-refractivity contribution in [1.29, 1.82) is 0 Å². The third kappa shape index (κ3) is 13.6. The molecular weight excluding hydrogens is 901 g/mol. The first-order valence-corrected chi connectivity index (χ1v) is 24.6. The summed E-state index contributed by atoms with van der Waals surface area (Å²) >= 11 is 0. The molecule has 0 radical (unpaired) electrons. The standard InChI is InChI=1S/C53H76N4O13/c1-11-43-39(29-66-53-51(65-10)50(64-9)47(62)34(6)68-53)25-30(2)17-22-41(58)31(3)26-38(23-24-57-28-40(54-55-57)37-20-18-36(19-21-37)35-15-13-12-14-16-35)49(32(4)42(59)27-44(60)69-43)70-52-48(63)45(56(7)8)46(61)33(5)67-52/h12-22,25,28,31-34,38-39,42-43,45-53,59,61-63H,11,23-24,26-27,29H2,1-10H3/b22-17+,30-25+/t31-,32+,33-,34-,38+,39-,42-,43-,45+,46-,47-,48-,49-,50-,51-,52+,53-/m1/s1. The number of benzene rings is 2. The number of nitrogens with zero attached hydrogens (tertiary/aromatic N) is 4. The summed E-state index contributed by atoms with van der Waals surface area (Å²) in [6.45, 7) is 11.1. The third-order valence-electron chi connectivity index (χ3n) is 14.3. The summed E-state index contributed by atoms with van der Waals surface area (Å²) in [5.74, 6) is -3.08. The van der Waals surface area contributed by atoms with E-state index in [0.29, 0.717) is 31.5 Å². The Morgan fingerprint density at radius 3 is 2.10 bits per heavy atom. The molecule has 17 atom stereocenters. The summed E-state index contributed by atoms with van der Waals surface area (Å²) in [6.07, 6.45) is -3.43. The number of aromatic nitrogens is 3. The first-order valence-electron chi connectivity index (χ1n) is 24.6. The van der Waals surface area contributed by atoms with Crippen molar-refractivity contribution in [3.63, 3.8) is 0 Å². The van der Waals surface area contributed by atoms with Crippen LogP contribution in [0, 0.1) is 23.7 Å². The molecule has 0 amide bonds. The minimum Gasteiger partial charge on any atom is -0.462 e. The number of rotatable bonds is 14. The number of aliphatic hydroxyl groups is 4. The number of esters is 1. The lowest BCUT2D eigenvalue weighted by molar-refractivity contribution is -0.304. The predicted octanol–water partition coefficient (Wildman–Crippen LogP) is 4.99. The molecule has 0 bridgehead atoms. The average Bonchev–Trinajstić information content (AvgIpc) is 3.83. The third-order valence-corrected chi connectivity index (χ3v) is 14.3. The Hall–Kier alpha value is -4.24. The molecule has 3 aromatic rings. The maximum atomic E-state index is 14.1. The summed E-state index contributed by atoms with van der Waals surface area (Å²) in [5, 5.41) is 54.5. The van der Waals surface area contributed by atoms with Gasteiger partial charge in [-0.1, -0.05) is 98.3 Å². The van der Waals surface area contributed by atoms with E-state index in [4.69, 9.17) is 33.2 Å². The lowest BCUT2D eigenvalue weighted by Crippen LogP contribution is -2.63. The Morgan fingerprint density at radius 1 is 0.800 bits per heavy atom. The van der Waals surface area contributed by atoms with E-state index in [-0.39, 0.29) is 12.4 Å². The van der Waals surface area contributed by atoms with Gasteiger partial charge in [0.25, 0.3) is 0 Å². The van der Waals surface area contributed by atoms with Crippen LogP contribution in [0.4, 0.5) is 0 Å². The van der Waals surface area contributed by atoms with E-state index in [1.165, 1.54) is 14.2 Å². The van der Waals surface area contributed by atoms with E-state index in [9.17, 15) is 30.0 Å². The summed E-state index contributed by atoms with van der Waals surface area (Å²) in [7, 11) is 6.47. The second kappa shape index (κ2) is 25.4. The van der Waals surface area contributed by atoms with Crippen LogP contribution in [0.15, 0.2) is 84.6 Å². The Labute approximate surface area is 412 Å². The van der Waals surface area contributed by atoms with Gasteiger partial charge in [-0.3, -0.25) is 14.3 Å². The van der Waals surface area contributed by atoms with E-state index in [0.717, 1.165) is 22.3 Å². The molecule has 70 heavy (non-hydrogen) atoms. The van der Waals surface area contributed by atoms with Crippen molar-refractivity contribution >= 4 is 11.8 Å². The molecule has 6 rings (SSSR count). The van der Waals surface area contributed by atoms with Crippen LogP contribution in [-0.2, 0) is 49.3 Å². The molecule has 2 fully saturated rings. The van der Waals surface area contributed by atoms with Crippen LogP contribution < -0.4 is 0 Å². The Bertz CT molecular complexity index is 2170. The van der Waals surface area contributed by atoms with Gasteiger partial charge in [-0.2, -0.15) is 0 Å². The highest BCUT2D eigenvalue weighted by Crippen LogP contribution is 2.36. The molecule has 0 aliphatic carbocycles. The highest BCUT2D eigenvalue weighted by atomic mass is 16.7. The summed E-state index contributed by atoms with van der Waals surface area (Å²) in [6, 6.07) is 17.5. The van der Waals surface area contributed by atoms with Crippen LogP contribution in [0.1, 0.15) is 67.2 Å². The molecule has 386 valence electrons. The molecule has 4 N–H and O–H groups in total. The predicted molar refractivity (Wildman–Crippen MR) is 261 cm³/mol. The molecule has 3 aliphatic heterocycles. The number of likely N-dealkylation sites (N-methyl/N-ethyl adjacent to an activating group) is 1. The molecular formula is C53H76N4O13. The van der Waals surface area contributed by atoms with Gasteiger partial charge in [0.2, 0.25) is 0 Å². The van der Waals surface area contributed by atoms with Crippen LogP contribution in [0.3, 0.4) is 0 Å². The second-order valence-electron chi connectivity index (χ2n) is 19.6. The molecule has 4 heterocycles. The molecule has 0 unspecified atom stereocenters. The maximum absolute atomic E-state index is 14.1. The van der Waals surface area contributed by atoms with Crippen LogP contribution in [0.5, 0.6) is 0 Å². The van der Waals surface area contributed by atoms with Gasteiger partial charge in [0, 0.05) is 44.1 Å². The van der Waals surface area contributed by atoms with Crippen LogP contribution in [-0.4, -0.2) is 167 Å². The minimum absolute atomic E-state index is 0.0141. The number of aliphatic hydroxyl groups excluding tert-OH is 4.